The second kappa shape index (κ2) is 10.6. The van der Waals surface area contributed by atoms with Gasteiger partial charge in [-0.3, -0.25) is 14.4 Å². The minimum atomic E-state index is -3.77. The summed E-state index contributed by atoms with van der Waals surface area (Å²) in [6.07, 6.45) is 0.325. The third-order valence-electron chi connectivity index (χ3n) is 5.97. The highest BCUT2D eigenvalue weighted by Crippen LogP contribution is 2.22. The molecule has 0 radical (unpaired) electrons. The molecule has 35 heavy (non-hydrogen) atoms. The summed E-state index contributed by atoms with van der Waals surface area (Å²) in [5.41, 5.74) is 3.48. The quantitative estimate of drug-likeness (QED) is 0.500. The van der Waals surface area contributed by atoms with Crippen LogP contribution in [0.3, 0.4) is 0 Å². The van der Waals surface area contributed by atoms with Crippen LogP contribution in [0.5, 0.6) is 0 Å². The first-order valence-electron chi connectivity index (χ1n) is 11.7. The molecule has 0 aliphatic carbocycles. The lowest BCUT2D eigenvalue weighted by atomic mass is 10.1. The fraction of sp³-hybridized carbons (Fsp3) is 0.296. The van der Waals surface area contributed by atoms with Gasteiger partial charge in [-0.05, 0) is 68.3 Å². The normalized spacial score (nSPS) is 18.7. The van der Waals surface area contributed by atoms with Crippen LogP contribution < -0.4 is 10.0 Å². The molecule has 1 saturated heterocycles. The lowest BCUT2D eigenvalue weighted by Gasteiger charge is -2.35. The molecule has 4 rings (SSSR count). The second-order valence-electron chi connectivity index (χ2n) is 9.01. The molecule has 1 aliphatic heterocycles. The highest BCUT2D eigenvalue weighted by atomic mass is 32.2. The molecule has 2 atom stereocenters. The SMILES string of the molecule is Cc1ccccc1NS(=O)(=O)c1ccc(C(=O)Nc2ccccc2CN2CC(C)OC(C)C2)cc1. The van der Waals surface area contributed by atoms with Gasteiger partial charge < -0.3 is 10.1 Å². The maximum atomic E-state index is 12.9. The number of morpholine rings is 1. The Morgan fingerprint density at radius 3 is 2.17 bits per heavy atom. The largest absolute Gasteiger partial charge is 0.373 e. The molecule has 0 bridgehead atoms. The first kappa shape index (κ1) is 24.9. The zero-order valence-electron chi connectivity index (χ0n) is 20.2. The maximum absolute atomic E-state index is 12.9. The smallest absolute Gasteiger partial charge is 0.261 e. The number of carbonyl (C=O) groups excluding carboxylic acids is 1. The van der Waals surface area contributed by atoms with Crippen molar-refractivity contribution in [3.8, 4) is 0 Å². The van der Waals surface area contributed by atoms with Gasteiger partial charge >= 0.3 is 0 Å². The van der Waals surface area contributed by atoms with E-state index in [0.717, 1.165) is 29.9 Å². The average molecular weight is 494 g/mol. The predicted molar refractivity (Wildman–Crippen MR) is 138 cm³/mol. The van der Waals surface area contributed by atoms with Crippen LogP contribution in [0, 0.1) is 6.92 Å². The van der Waals surface area contributed by atoms with Crippen molar-refractivity contribution in [2.75, 3.05) is 23.1 Å². The number of anilines is 2. The van der Waals surface area contributed by atoms with Crippen molar-refractivity contribution >= 4 is 27.3 Å². The Morgan fingerprint density at radius 2 is 1.51 bits per heavy atom. The Balaban J connectivity index is 1.45. The average Bonchev–Trinajstić information content (AvgIpc) is 2.81. The predicted octanol–water partition coefficient (Wildman–Crippen LogP) is 4.66. The molecule has 0 spiro atoms. The van der Waals surface area contributed by atoms with Gasteiger partial charge in [-0.2, -0.15) is 0 Å². The first-order chi connectivity index (χ1) is 16.7. The molecule has 0 saturated carbocycles. The molecule has 3 aromatic rings. The summed E-state index contributed by atoms with van der Waals surface area (Å²) < 4.78 is 34.0. The topological polar surface area (TPSA) is 87.7 Å². The van der Waals surface area contributed by atoms with Gasteiger partial charge in [-0.25, -0.2) is 8.42 Å². The van der Waals surface area contributed by atoms with Crippen molar-refractivity contribution in [3.63, 3.8) is 0 Å². The highest BCUT2D eigenvalue weighted by Gasteiger charge is 2.23. The van der Waals surface area contributed by atoms with Gasteiger partial charge in [0.05, 0.1) is 22.8 Å². The lowest BCUT2D eigenvalue weighted by Crippen LogP contribution is -2.44. The minimum Gasteiger partial charge on any atom is -0.373 e. The van der Waals surface area contributed by atoms with E-state index in [0.29, 0.717) is 17.8 Å². The van der Waals surface area contributed by atoms with Crippen molar-refractivity contribution in [3.05, 3.63) is 89.5 Å². The molecule has 1 amide bonds. The Bertz CT molecular complexity index is 1280. The number of para-hydroxylation sites is 2. The van der Waals surface area contributed by atoms with Gasteiger partial charge in [-0.1, -0.05) is 36.4 Å². The van der Waals surface area contributed by atoms with E-state index in [1.165, 1.54) is 24.3 Å². The number of ether oxygens (including phenoxy) is 1. The number of nitrogens with zero attached hydrogens (tertiary/aromatic N) is 1. The number of hydrogen-bond acceptors (Lipinski definition) is 5. The second-order valence-corrected chi connectivity index (χ2v) is 10.7. The fourth-order valence-corrected chi connectivity index (χ4v) is 5.44. The summed E-state index contributed by atoms with van der Waals surface area (Å²) in [4.78, 5) is 15.4. The summed E-state index contributed by atoms with van der Waals surface area (Å²) in [6.45, 7) is 8.34. The van der Waals surface area contributed by atoms with E-state index >= 15 is 0 Å². The minimum absolute atomic E-state index is 0.0910. The van der Waals surface area contributed by atoms with Crippen LogP contribution in [0.4, 0.5) is 11.4 Å². The zero-order valence-corrected chi connectivity index (χ0v) is 21.0. The molecular weight excluding hydrogens is 462 g/mol. The molecule has 3 aromatic carbocycles. The Hall–Kier alpha value is -3.20. The van der Waals surface area contributed by atoms with Crippen LogP contribution in [0.25, 0.3) is 0 Å². The van der Waals surface area contributed by atoms with Gasteiger partial charge in [0.1, 0.15) is 0 Å². The molecule has 1 heterocycles. The molecular formula is C27H31N3O4S. The van der Waals surface area contributed by atoms with Crippen molar-refractivity contribution in [1.82, 2.24) is 4.90 Å². The van der Waals surface area contributed by atoms with E-state index in [1.54, 1.807) is 12.1 Å². The molecule has 2 unspecified atom stereocenters. The lowest BCUT2D eigenvalue weighted by molar-refractivity contribution is -0.0704. The summed E-state index contributed by atoms with van der Waals surface area (Å²) >= 11 is 0. The van der Waals surface area contributed by atoms with Gasteiger partial charge in [0.2, 0.25) is 0 Å². The van der Waals surface area contributed by atoms with E-state index in [-0.39, 0.29) is 23.0 Å². The van der Waals surface area contributed by atoms with E-state index in [4.69, 9.17) is 4.74 Å². The van der Waals surface area contributed by atoms with Crippen molar-refractivity contribution in [1.29, 1.82) is 0 Å². The number of hydrogen-bond donors (Lipinski definition) is 2. The van der Waals surface area contributed by atoms with Crippen LogP contribution in [0.2, 0.25) is 0 Å². The summed E-state index contributed by atoms with van der Waals surface area (Å²) in [6, 6.07) is 20.8. The number of nitrogens with one attached hydrogen (secondary N) is 2. The van der Waals surface area contributed by atoms with Crippen molar-refractivity contribution in [2.24, 2.45) is 0 Å². The third-order valence-corrected chi connectivity index (χ3v) is 7.35. The van der Waals surface area contributed by atoms with Crippen molar-refractivity contribution < 1.29 is 17.9 Å². The monoisotopic (exact) mass is 493 g/mol. The van der Waals surface area contributed by atoms with Crippen LogP contribution in [0.15, 0.2) is 77.7 Å². The number of aryl methyl sites for hydroxylation is 1. The molecule has 2 N–H and O–H groups in total. The summed E-state index contributed by atoms with van der Waals surface area (Å²) in [5.74, 6) is -0.294. The summed E-state index contributed by atoms with van der Waals surface area (Å²) in [5, 5.41) is 2.98. The number of sulfonamides is 1. The van der Waals surface area contributed by atoms with Crippen molar-refractivity contribution in [2.45, 2.75) is 44.4 Å². The fourth-order valence-electron chi connectivity index (χ4n) is 4.31. The number of carbonyl (C=O) groups is 1. The Morgan fingerprint density at radius 1 is 0.914 bits per heavy atom. The Kier molecular flexibility index (Phi) is 7.54. The van der Waals surface area contributed by atoms with Crippen LogP contribution in [0.1, 0.15) is 35.3 Å². The van der Waals surface area contributed by atoms with E-state index < -0.39 is 10.0 Å². The van der Waals surface area contributed by atoms with E-state index in [9.17, 15) is 13.2 Å². The molecule has 184 valence electrons. The number of rotatable bonds is 7. The van der Waals surface area contributed by atoms with Gasteiger partial charge in [-0.15, -0.1) is 0 Å². The third kappa shape index (κ3) is 6.28. The molecule has 7 nitrogen and oxygen atoms in total. The maximum Gasteiger partial charge on any atom is 0.261 e. The first-order valence-corrected chi connectivity index (χ1v) is 13.1. The highest BCUT2D eigenvalue weighted by molar-refractivity contribution is 7.92. The van der Waals surface area contributed by atoms with Gasteiger partial charge in [0, 0.05) is 30.9 Å². The van der Waals surface area contributed by atoms with Crippen LogP contribution >= 0.6 is 0 Å². The van der Waals surface area contributed by atoms with Gasteiger partial charge in [0.15, 0.2) is 0 Å². The number of benzene rings is 3. The molecule has 8 heteroatoms. The van der Waals surface area contributed by atoms with Crippen LogP contribution in [-0.4, -0.2) is 44.5 Å². The van der Waals surface area contributed by atoms with E-state index in [2.05, 4.69) is 28.8 Å². The van der Waals surface area contributed by atoms with E-state index in [1.807, 2.05) is 43.3 Å². The summed E-state index contributed by atoms with van der Waals surface area (Å²) in [7, 11) is -3.77. The van der Waals surface area contributed by atoms with Gasteiger partial charge in [0.25, 0.3) is 15.9 Å². The standard InChI is InChI=1S/C27H31N3O4S/c1-19-8-4-6-10-25(19)29-35(32,33)24-14-12-22(13-15-24)27(31)28-26-11-7-5-9-23(26)18-30-16-20(2)34-21(3)17-30/h4-15,20-21,29H,16-18H2,1-3H3,(H,28,31). The van der Waals surface area contributed by atoms with Crippen LogP contribution in [-0.2, 0) is 21.3 Å². The Labute approximate surface area is 207 Å². The molecule has 1 aliphatic rings. The molecule has 1 fully saturated rings. The zero-order chi connectivity index (χ0) is 25.0. The number of amides is 1. The molecule has 0 aromatic heterocycles.